The van der Waals surface area contributed by atoms with E-state index in [0.717, 1.165) is 35.2 Å². The molecular weight excluding hydrogens is 426 g/mol. The maximum Gasteiger partial charge on any atom is 0.272 e. The van der Waals surface area contributed by atoms with Crippen LogP contribution in [-0.4, -0.2) is 37.3 Å². The first-order chi connectivity index (χ1) is 16.3. The van der Waals surface area contributed by atoms with E-state index in [-0.39, 0.29) is 17.4 Å². The molecule has 34 heavy (non-hydrogen) atoms. The molecule has 1 aliphatic heterocycles. The number of carbonyl (C=O) groups excluding carboxylic acids is 1. The van der Waals surface area contributed by atoms with Crippen molar-refractivity contribution in [2.24, 2.45) is 7.05 Å². The van der Waals surface area contributed by atoms with Gasteiger partial charge in [-0.3, -0.25) is 9.48 Å². The lowest BCUT2D eigenvalue weighted by molar-refractivity contribution is 0.0704. The van der Waals surface area contributed by atoms with Crippen molar-refractivity contribution in [1.82, 2.24) is 24.9 Å². The van der Waals surface area contributed by atoms with Gasteiger partial charge in [-0.05, 0) is 42.2 Å². The first kappa shape index (κ1) is 22.1. The van der Waals surface area contributed by atoms with Gasteiger partial charge in [-0.2, -0.15) is 5.10 Å². The van der Waals surface area contributed by atoms with Crippen molar-refractivity contribution < 1.29 is 9.21 Å². The molecule has 0 spiro atoms. The van der Waals surface area contributed by atoms with E-state index in [0.29, 0.717) is 24.0 Å². The van der Waals surface area contributed by atoms with Gasteiger partial charge in [-0.25, -0.2) is 0 Å². The minimum atomic E-state index is -0.231. The Kier molecular flexibility index (Phi) is 5.55. The summed E-state index contributed by atoms with van der Waals surface area (Å²) in [5, 5.41) is 13.2. The summed E-state index contributed by atoms with van der Waals surface area (Å²) in [6.07, 6.45) is 1.69. The molecule has 3 heterocycles. The highest BCUT2D eigenvalue weighted by molar-refractivity contribution is 5.93. The van der Waals surface area contributed by atoms with Gasteiger partial charge < -0.3 is 9.32 Å². The Bertz CT molecular complexity index is 1300. The Labute approximate surface area is 199 Å². The third-order valence-electron chi connectivity index (χ3n) is 6.35. The largest absolute Gasteiger partial charge is 0.418 e. The van der Waals surface area contributed by atoms with Gasteiger partial charge in [0.15, 0.2) is 0 Å². The number of carbonyl (C=O) groups is 1. The quantitative estimate of drug-likeness (QED) is 0.411. The predicted octanol–water partition coefficient (Wildman–Crippen LogP) is 5.41. The van der Waals surface area contributed by atoms with Crippen LogP contribution >= 0.6 is 0 Å². The Morgan fingerprint density at radius 2 is 1.65 bits per heavy atom. The highest BCUT2D eigenvalue weighted by atomic mass is 16.4. The van der Waals surface area contributed by atoms with Crippen molar-refractivity contribution in [2.75, 3.05) is 6.54 Å². The Morgan fingerprint density at radius 1 is 0.971 bits per heavy atom. The van der Waals surface area contributed by atoms with Gasteiger partial charge in [-0.1, -0.05) is 63.2 Å². The fraction of sp³-hybridized carbons (Fsp3) is 0.333. The molecule has 1 amide bonds. The highest BCUT2D eigenvalue weighted by Gasteiger charge is 2.36. The molecule has 7 nitrogen and oxygen atoms in total. The normalized spacial score (nSPS) is 16.2. The van der Waals surface area contributed by atoms with Gasteiger partial charge in [0.05, 0.1) is 5.69 Å². The molecule has 0 radical (unpaired) electrons. The van der Waals surface area contributed by atoms with Crippen molar-refractivity contribution in [2.45, 2.75) is 45.1 Å². The summed E-state index contributed by atoms with van der Waals surface area (Å²) in [4.78, 5) is 15.2. The summed E-state index contributed by atoms with van der Waals surface area (Å²) in [6.45, 7) is 6.93. The predicted molar refractivity (Wildman–Crippen MR) is 130 cm³/mol. The zero-order valence-electron chi connectivity index (χ0n) is 20.0. The van der Waals surface area contributed by atoms with Gasteiger partial charge in [0.1, 0.15) is 11.7 Å². The number of nitrogens with zero attached hydrogens (tertiary/aromatic N) is 5. The Hall–Kier alpha value is -3.74. The maximum atomic E-state index is 13.4. The van der Waals surface area contributed by atoms with E-state index in [2.05, 4.69) is 60.3 Å². The number of likely N-dealkylation sites (tertiary alicyclic amines) is 1. The molecule has 4 aromatic rings. The first-order valence-corrected chi connectivity index (χ1v) is 11.7. The molecule has 0 saturated carbocycles. The number of aryl methyl sites for hydroxylation is 1. The lowest BCUT2D eigenvalue weighted by Gasteiger charge is -2.21. The number of rotatable bonds is 4. The molecule has 1 atom stereocenters. The summed E-state index contributed by atoms with van der Waals surface area (Å²) in [5.74, 6) is 0.885. The van der Waals surface area contributed by atoms with Crippen molar-refractivity contribution >= 4 is 5.91 Å². The summed E-state index contributed by atoms with van der Waals surface area (Å²) in [7, 11) is 1.82. The molecular formula is C27H29N5O2. The van der Waals surface area contributed by atoms with Crippen LogP contribution in [0.4, 0.5) is 0 Å². The standard InChI is InChI=1S/C27H29N5O2/c1-27(2,3)23-17-22(31(4)30-23)26(33)32-16-8-11-21(32)25-29-28-24(34-25)20-14-12-19(13-15-20)18-9-6-5-7-10-18/h5-7,9-10,12-15,17,21H,8,11,16H2,1-4H3. The lowest BCUT2D eigenvalue weighted by atomic mass is 9.92. The minimum Gasteiger partial charge on any atom is -0.418 e. The monoisotopic (exact) mass is 455 g/mol. The van der Waals surface area contributed by atoms with Gasteiger partial charge in [0, 0.05) is 24.6 Å². The zero-order valence-corrected chi connectivity index (χ0v) is 20.0. The summed E-state index contributed by atoms with van der Waals surface area (Å²) >= 11 is 0. The molecule has 5 rings (SSSR count). The molecule has 1 aliphatic rings. The van der Waals surface area contributed by atoms with Crippen molar-refractivity contribution in [3.8, 4) is 22.6 Å². The fourth-order valence-corrected chi connectivity index (χ4v) is 4.37. The van der Waals surface area contributed by atoms with Crippen LogP contribution in [0, 0.1) is 0 Å². The molecule has 0 bridgehead atoms. The number of hydrogen-bond acceptors (Lipinski definition) is 5. The fourth-order valence-electron chi connectivity index (χ4n) is 4.37. The zero-order chi connectivity index (χ0) is 23.9. The van der Waals surface area contributed by atoms with Crippen LogP contribution in [0.3, 0.4) is 0 Å². The summed E-state index contributed by atoms with van der Waals surface area (Å²) in [5.41, 5.74) is 4.49. The van der Waals surface area contributed by atoms with Gasteiger partial charge in [-0.15, -0.1) is 10.2 Å². The Morgan fingerprint density at radius 3 is 2.32 bits per heavy atom. The van der Waals surface area contributed by atoms with Crippen molar-refractivity contribution in [1.29, 1.82) is 0 Å². The minimum absolute atomic E-state index is 0.0556. The van der Waals surface area contributed by atoms with E-state index in [4.69, 9.17) is 4.42 Å². The lowest BCUT2D eigenvalue weighted by Crippen LogP contribution is -2.32. The van der Waals surface area contributed by atoms with Crippen LogP contribution in [0.5, 0.6) is 0 Å². The third-order valence-corrected chi connectivity index (χ3v) is 6.35. The number of amides is 1. The average molecular weight is 456 g/mol. The molecule has 2 aromatic carbocycles. The highest BCUT2D eigenvalue weighted by Crippen LogP contribution is 2.34. The maximum absolute atomic E-state index is 13.4. The van der Waals surface area contributed by atoms with Crippen LogP contribution in [0.1, 0.15) is 61.7 Å². The van der Waals surface area contributed by atoms with E-state index >= 15 is 0 Å². The van der Waals surface area contributed by atoms with E-state index in [1.54, 1.807) is 4.68 Å². The molecule has 1 fully saturated rings. The van der Waals surface area contributed by atoms with E-state index in [1.165, 1.54) is 0 Å². The van der Waals surface area contributed by atoms with Gasteiger partial charge in [0.25, 0.3) is 5.91 Å². The molecule has 7 heteroatoms. The second kappa shape index (κ2) is 8.56. The molecule has 1 saturated heterocycles. The van der Waals surface area contributed by atoms with Gasteiger partial charge >= 0.3 is 0 Å². The van der Waals surface area contributed by atoms with E-state index in [1.807, 2.05) is 48.3 Å². The van der Waals surface area contributed by atoms with Crippen LogP contribution in [-0.2, 0) is 12.5 Å². The number of aromatic nitrogens is 4. The number of benzene rings is 2. The van der Waals surface area contributed by atoms with Crippen LogP contribution < -0.4 is 0 Å². The number of hydrogen-bond donors (Lipinski definition) is 0. The molecule has 0 N–H and O–H groups in total. The second-order valence-electron chi connectivity index (χ2n) is 9.83. The first-order valence-electron chi connectivity index (χ1n) is 11.7. The molecule has 0 aliphatic carbocycles. The smallest absolute Gasteiger partial charge is 0.272 e. The second-order valence-corrected chi connectivity index (χ2v) is 9.83. The third kappa shape index (κ3) is 4.14. The van der Waals surface area contributed by atoms with Crippen molar-refractivity contribution in [3.63, 3.8) is 0 Å². The van der Waals surface area contributed by atoms with E-state index < -0.39 is 0 Å². The summed E-state index contributed by atoms with van der Waals surface area (Å²) < 4.78 is 7.74. The summed E-state index contributed by atoms with van der Waals surface area (Å²) in [6, 6.07) is 20.0. The molecule has 174 valence electrons. The van der Waals surface area contributed by atoms with Crippen LogP contribution in [0.2, 0.25) is 0 Å². The topological polar surface area (TPSA) is 77.1 Å². The van der Waals surface area contributed by atoms with Crippen LogP contribution in [0.15, 0.2) is 65.1 Å². The SMILES string of the molecule is Cn1nc(C(C)(C)C)cc1C(=O)N1CCCC1c1nnc(-c2ccc(-c3ccccc3)cc2)o1. The Balaban J connectivity index is 1.36. The average Bonchev–Trinajstić information content (AvgIpc) is 3.58. The van der Waals surface area contributed by atoms with Crippen molar-refractivity contribution in [3.05, 3.63) is 77.9 Å². The molecule has 1 unspecified atom stereocenters. The van der Waals surface area contributed by atoms with Crippen LogP contribution in [0.25, 0.3) is 22.6 Å². The molecule has 2 aromatic heterocycles. The van der Waals surface area contributed by atoms with Gasteiger partial charge in [0.2, 0.25) is 11.8 Å². The van der Waals surface area contributed by atoms with E-state index in [9.17, 15) is 4.79 Å².